The number of guanidine groups is 1. The molecule has 1 aromatic carbocycles. The van der Waals surface area contributed by atoms with Crippen molar-refractivity contribution in [2.45, 2.75) is 76.9 Å². The lowest BCUT2D eigenvalue weighted by atomic mass is 10.1. The summed E-state index contributed by atoms with van der Waals surface area (Å²) < 4.78 is 28.4. The summed E-state index contributed by atoms with van der Waals surface area (Å²) in [6.45, 7) is 14.2. The van der Waals surface area contributed by atoms with E-state index in [0.29, 0.717) is 18.2 Å². The summed E-state index contributed by atoms with van der Waals surface area (Å²) in [7, 11) is -3.61. The molecular weight excluding hydrogens is 398 g/mol. The molecule has 7 nitrogen and oxygen atoms in total. The summed E-state index contributed by atoms with van der Waals surface area (Å²) in [5.41, 5.74) is 0.141. The zero-order valence-corrected chi connectivity index (χ0v) is 20.0. The van der Waals surface area contributed by atoms with Crippen LogP contribution in [0.5, 0.6) is 0 Å². The molecule has 1 aliphatic heterocycles. The number of aliphatic imine (C=N–C) groups is 1. The molecule has 8 heteroatoms. The van der Waals surface area contributed by atoms with Gasteiger partial charge < -0.3 is 15.5 Å². The molecule has 0 amide bonds. The van der Waals surface area contributed by atoms with Crippen molar-refractivity contribution in [2.24, 2.45) is 4.99 Å². The van der Waals surface area contributed by atoms with E-state index in [9.17, 15) is 8.42 Å². The number of nitrogens with one attached hydrogen (secondary N) is 3. The van der Waals surface area contributed by atoms with E-state index in [-0.39, 0.29) is 4.90 Å². The Kier molecular flexibility index (Phi) is 9.12. The quantitative estimate of drug-likeness (QED) is 0.430. The van der Waals surface area contributed by atoms with E-state index in [1.165, 1.54) is 6.42 Å². The molecule has 0 unspecified atom stereocenters. The molecule has 0 atom stereocenters. The van der Waals surface area contributed by atoms with Gasteiger partial charge in [-0.05, 0) is 65.1 Å². The van der Waals surface area contributed by atoms with Crippen molar-refractivity contribution in [2.75, 3.05) is 26.2 Å². The fourth-order valence-corrected chi connectivity index (χ4v) is 5.30. The van der Waals surface area contributed by atoms with Gasteiger partial charge in [0.25, 0.3) is 0 Å². The number of piperidine rings is 1. The van der Waals surface area contributed by atoms with Crippen LogP contribution in [0, 0.1) is 0 Å². The molecule has 3 N–H and O–H groups in total. The van der Waals surface area contributed by atoms with Gasteiger partial charge in [-0.25, -0.2) is 18.1 Å². The zero-order chi connectivity index (χ0) is 22.2. The molecule has 0 radical (unpaired) electrons. The van der Waals surface area contributed by atoms with Crippen molar-refractivity contribution in [1.29, 1.82) is 0 Å². The van der Waals surface area contributed by atoms with Crippen LogP contribution in [0.3, 0.4) is 0 Å². The van der Waals surface area contributed by atoms with Crippen molar-refractivity contribution in [3.05, 3.63) is 29.8 Å². The number of rotatable bonds is 8. The highest BCUT2D eigenvalue weighted by Crippen LogP contribution is 2.19. The van der Waals surface area contributed by atoms with Gasteiger partial charge in [-0.15, -0.1) is 0 Å². The fourth-order valence-electron chi connectivity index (χ4n) is 3.65. The third-order valence-corrected chi connectivity index (χ3v) is 6.78. The third kappa shape index (κ3) is 7.89. The molecule has 0 aromatic heterocycles. The van der Waals surface area contributed by atoms with Crippen LogP contribution in [0.25, 0.3) is 0 Å². The number of benzene rings is 1. The maximum Gasteiger partial charge on any atom is 0.241 e. The van der Waals surface area contributed by atoms with E-state index in [1.807, 2.05) is 39.8 Å². The van der Waals surface area contributed by atoms with Gasteiger partial charge in [-0.1, -0.05) is 25.1 Å². The smallest absolute Gasteiger partial charge is 0.241 e. The van der Waals surface area contributed by atoms with Crippen molar-refractivity contribution in [3.63, 3.8) is 0 Å². The van der Waals surface area contributed by atoms with E-state index < -0.39 is 15.6 Å². The molecule has 2 rings (SSSR count). The summed E-state index contributed by atoms with van der Waals surface area (Å²) in [6, 6.07) is 7.45. The molecular formula is C22H39N5O2S. The van der Waals surface area contributed by atoms with Gasteiger partial charge >= 0.3 is 0 Å². The first-order chi connectivity index (χ1) is 14.1. The molecule has 170 valence electrons. The van der Waals surface area contributed by atoms with E-state index in [1.54, 1.807) is 12.1 Å². The minimum atomic E-state index is -3.61. The monoisotopic (exact) mass is 437 g/mol. The van der Waals surface area contributed by atoms with Gasteiger partial charge in [0.1, 0.15) is 0 Å². The SMILES string of the molecule is CCCN1CCC(NC(=NCc2ccccc2S(=O)(=O)NC(C)(C)C)NCC)CC1. The maximum atomic E-state index is 12.8. The summed E-state index contributed by atoms with van der Waals surface area (Å²) in [4.78, 5) is 7.48. The molecule has 1 saturated heterocycles. The molecule has 0 aliphatic carbocycles. The van der Waals surface area contributed by atoms with Gasteiger partial charge in [-0.2, -0.15) is 0 Å². The van der Waals surface area contributed by atoms with Crippen LogP contribution < -0.4 is 15.4 Å². The van der Waals surface area contributed by atoms with E-state index in [0.717, 1.165) is 45.0 Å². The van der Waals surface area contributed by atoms with Gasteiger partial charge in [0.05, 0.1) is 11.4 Å². The average Bonchev–Trinajstić information content (AvgIpc) is 2.66. The van der Waals surface area contributed by atoms with Gasteiger partial charge in [-0.3, -0.25) is 0 Å². The zero-order valence-electron chi connectivity index (χ0n) is 19.2. The number of likely N-dealkylation sites (tertiary alicyclic amines) is 1. The molecule has 0 spiro atoms. The second-order valence-corrected chi connectivity index (χ2v) is 10.6. The normalized spacial score (nSPS) is 17.2. The lowest BCUT2D eigenvalue weighted by molar-refractivity contribution is 0.206. The number of hydrogen-bond acceptors (Lipinski definition) is 4. The molecule has 1 aromatic rings. The Hall–Kier alpha value is -1.64. The molecule has 30 heavy (non-hydrogen) atoms. The topological polar surface area (TPSA) is 85.8 Å². The maximum absolute atomic E-state index is 12.8. The Balaban J connectivity index is 2.10. The number of sulfonamides is 1. The number of hydrogen-bond donors (Lipinski definition) is 3. The standard InChI is InChI=1S/C22H39N5O2S/c1-6-14-27-15-12-19(13-16-27)25-21(23-7-2)24-17-18-10-8-9-11-20(18)30(28,29)26-22(3,4)5/h8-11,19,26H,6-7,12-17H2,1-5H3,(H2,23,24,25). The highest BCUT2D eigenvalue weighted by Gasteiger charge is 2.24. The second-order valence-electron chi connectivity index (χ2n) is 8.92. The average molecular weight is 438 g/mol. The third-order valence-electron chi connectivity index (χ3n) is 4.92. The minimum Gasteiger partial charge on any atom is -0.357 e. The lowest BCUT2D eigenvalue weighted by Crippen LogP contribution is -2.48. The van der Waals surface area contributed by atoms with Crippen LogP contribution >= 0.6 is 0 Å². The summed E-state index contributed by atoms with van der Waals surface area (Å²) >= 11 is 0. The van der Waals surface area contributed by atoms with Gasteiger partial charge in [0.2, 0.25) is 10.0 Å². The minimum absolute atomic E-state index is 0.285. The molecule has 0 saturated carbocycles. The Bertz CT molecular complexity index is 794. The van der Waals surface area contributed by atoms with Gasteiger partial charge in [0.15, 0.2) is 5.96 Å². The van der Waals surface area contributed by atoms with E-state index in [4.69, 9.17) is 4.99 Å². The van der Waals surface area contributed by atoms with Crippen molar-refractivity contribution < 1.29 is 8.42 Å². The largest absolute Gasteiger partial charge is 0.357 e. The van der Waals surface area contributed by atoms with Crippen LogP contribution in [0.4, 0.5) is 0 Å². The number of nitrogens with zero attached hydrogens (tertiary/aromatic N) is 2. The van der Waals surface area contributed by atoms with Crippen LogP contribution in [0.2, 0.25) is 0 Å². The summed E-state index contributed by atoms with van der Waals surface area (Å²) in [6.07, 6.45) is 3.37. The Morgan fingerprint density at radius 2 is 1.83 bits per heavy atom. The lowest BCUT2D eigenvalue weighted by Gasteiger charge is -2.32. The van der Waals surface area contributed by atoms with Crippen molar-refractivity contribution in [1.82, 2.24) is 20.3 Å². The first kappa shape index (κ1) is 24.6. The fraction of sp³-hybridized carbons (Fsp3) is 0.682. The molecule has 0 bridgehead atoms. The Morgan fingerprint density at radius 1 is 1.17 bits per heavy atom. The predicted octanol–water partition coefficient (Wildman–Crippen LogP) is 2.69. The van der Waals surface area contributed by atoms with E-state index >= 15 is 0 Å². The summed E-state index contributed by atoms with van der Waals surface area (Å²) in [5.74, 6) is 0.738. The van der Waals surface area contributed by atoms with Crippen LogP contribution in [0.15, 0.2) is 34.2 Å². The van der Waals surface area contributed by atoms with Gasteiger partial charge in [0, 0.05) is 31.2 Å². The Labute approximate surface area is 182 Å². The van der Waals surface area contributed by atoms with Crippen LogP contribution in [-0.2, 0) is 16.6 Å². The van der Waals surface area contributed by atoms with Crippen molar-refractivity contribution in [3.8, 4) is 0 Å². The highest BCUT2D eigenvalue weighted by molar-refractivity contribution is 7.89. The van der Waals surface area contributed by atoms with E-state index in [2.05, 4.69) is 27.2 Å². The second kappa shape index (κ2) is 11.1. The molecule has 1 heterocycles. The molecule has 1 fully saturated rings. The molecule has 1 aliphatic rings. The van der Waals surface area contributed by atoms with Crippen LogP contribution in [-0.4, -0.2) is 57.0 Å². The first-order valence-corrected chi connectivity index (χ1v) is 12.5. The van der Waals surface area contributed by atoms with Crippen molar-refractivity contribution >= 4 is 16.0 Å². The van der Waals surface area contributed by atoms with Crippen LogP contribution in [0.1, 0.15) is 59.4 Å². The predicted molar refractivity (Wildman–Crippen MR) is 124 cm³/mol. The first-order valence-electron chi connectivity index (χ1n) is 11.0. The Morgan fingerprint density at radius 3 is 2.43 bits per heavy atom. The highest BCUT2D eigenvalue weighted by atomic mass is 32.2. The summed E-state index contributed by atoms with van der Waals surface area (Å²) in [5, 5.41) is 6.83.